The van der Waals surface area contributed by atoms with E-state index in [-0.39, 0.29) is 11.6 Å². The molecule has 0 heterocycles. The molecule has 0 spiro atoms. The number of carbonyl (C=O) groups excluding carboxylic acids is 1. The lowest BCUT2D eigenvalue weighted by atomic mass is 10.1. The molecule has 1 fully saturated rings. The predicted octanol–water partition coefficient (Wildman–Crippen LogP) is 3.38. The van der Waals surface area contributed by atoms with Gasteiger partial charge in [-0.1, -0.05) is 12.8 Å². The minimum Gasteiger partial charge on any atom is -0.380 e. The van der Waals surface area contributed by atoms with E-state index in [0.717, 1.165) is 12.8 Å². The Bertz CT molecular complexity index is 397. The van der Waals surface area contributed by atoms with Gasteiger partial charge in [-0.05, 0) is 38.0 Å². The van der Waals surface area contributed by atoms with Crippen molar-refractivity contribution in [3.05, 3.63) is 29.6 Å². The van der Waals surface area contributed by atoms with Crippen LogP contribution >= 0.6 is 0 Å². The molecule has 1 saturated carbocycles. The quantitative estimate of drug-likeness (QED) is 0.793. The first-order chi connectivity index (χ1) is 7.66. The van der Waals surface area contributed by atoms with Gasteiger partial charge in [0.15, 0.2) is 5.78 Å². The lowest BCUT2D eigenvalue weighted by Gasteiger charge is -2.14. The Morgan fingerprint density at radius 3 is 2.62 bits per heavy atom. The van der Waals surface area contributed by atoms with Crippen LogP contribution in [0.5, 0.6) is 0 Å². The van der Waals surface area contributed by atoms with Crippen molar-refractivity contribution in [1.82, 2.24) is 0 Å². The zero-order valence-electron chi connectivity index (χ0n) is 9.42. The second-order valence-electron chi connectivity index (χ2n) is 4.38. The summed E-state index contributed by atoms with van der Waals surface area (Å²) in [5, 5.41) is 3.19. The second-order valence-corrected chi connectivity index (χ2v) is 4.38. The fraction of sp³-hybridized carbons (Fsp3) is 0.462. The Morgan fingerprint density at radius 2 is 2.06 bits per heavy atom. The van der Waals surface area contributed by atoms with Crippen LogP contribution in [0.4, 0.5) is 10.1 Å². The monoisotopic (exact) mass is 221 g/mol. The number of anilines is 1. The van der Waals surface area contributed by atoms with Crippen LogP contribution in [0.3, 0.4) is 0 Å². The summed E-state index contributed by atoms with van der Waals surface area (Å²) in [5.41, 5.74) is 0.936. The zero-order valence-corrected chi connectivity index (χ0v) is 9.42. The summed E-state index contributed by atoms with van der Waals surface area (Å²) >= 11 is 0. The van der Waals surface area contributed by atoms with Crippen molar-refractivity contribution in [2.45, 2.75) is 38.6 Å². The highest BCUT2D eigenvalue weighted by Gasteiger charge is 2.16. The van der Waals surface area contributed by atoms with Gasteiger partial charge in [0.25, 0.3) is 0 Å². The van der Waals surface area contributed by atoms with E-state index in [0.29, 0.717) is 17.3 Å². The molecule has 0 aromatic heterocycles. The molecule has 16 heavy (non-hydrogen) atoms. The molecule has 1 aliphatic rings. The number of nitrogens with one attached hydrogen (secondary N) is 1. The first-order valence-corrected chi connectivity index (χ1v) is 5.74. The first-order valence-electron chi connectivity index (χ1n) is 5.74. The number of benzene rings is 1. The van der Waals surface area contributed by atoms with Gasteiger partial charge >= 0.3 is 0 Å². The highest BCUT2D eigenvalue weighted by Crippen LogP contribution is 2.24. The Balaban J connectivity index is 2.12. The Morgan fingerprint density at radius 1 is 1.38 bits per heavy atom. The smallest absolute Gasteiger partial charge is 0.159 e. The van der Waals surface area contributed by atoms with Crippen molar-refractivity contribution in [1.29, 1.82) is 0 Å². The molecule has 0 atom stereocenters. The lowest BCUT2D eigenvalue weighted by Crippen LogP contribution is -2.15. The first kappa shape index (κ1) is 11.1. The molecular weight excluding hydrogens is 205 g/mol. The fourth-order valence-electron chi connectivity index (χ4n) is 2.14. The second kappa shape index (κ2) is 4.64. The van der Waals surface area contributed by atoms with Gasteiger partial charge in [-0.25, -0.2) is 4.39 Å². The average Bonchev–Trinajstić information content (AvgIpc) is 2.73. The standard InChI is InChI=1S/C13H16FNO/c1-9(16)10-6-7-13(12(14)8-10)15-11-4-2-3-5-11/h6-8,11,15H,2-5H2,1H3. The molecule has 2 rings (SSSR count). The number of rotatable bonds is 3. The van der Waals surface area contributed by atoms with E-state index < -0.39 is 0 Å². The van der Waals surface area contributed by atoms with Gasteiger partial charge in [0.1, 0.15) is 5.82 Å². The number of ketones is 1. The van der Waals surface area contributed by atoms with Crippen molar-refractivity contribution in [3.63, 3.8) is 0 Å². The average molecular weight is 221 g/mol. The lowest BCUT2D eigenvalue weighted by molar-refractivity contribution is 0.101. The van der Waals surface area contributed by atoms with Crippen LogP contribution in [0, 0.1) is 5.82 Å². The van der Waals surface area contributed by atoms with Crippen LogP contribution in [-0.4, -0.2) is 11.8 Å². The number of hydrogen-bond acceptors (Lipinski definition) is 2. The Kier molecular flexibility index (Phi) is 3.22. The Labute approximate surface area is 94.9 Å². The summed E-state index contributed by atoms with van der Waals surface area (Å²) in [7, 11) is 0. The van der Waals surface area contributed by atoms with Crippen molar-refractivity contribution in [2.24, 2.45) is 0 Å². The summed E-state index contributed by atoms with van der Waals surface area (Å²) in [4.78, 5) is 11.1. The van der Waals surface area contributed by atoms with E-state index in [9.17, 15) is 9.18 Å². The van der Waals surface area contributed by atoms with Crippen LogP contribution in [0.25, 0.3) is 0 Å². The van der Waals surface area contributed by atoms with Gasteiger partial charge in [0.2, 0.25) is 0 Å². The maximum atomic E-state index is 13.6. The zero-order chi connectivity index (χ0) is 11.5. The molecule has 86 valence electrons. The molecule has 0 bridgehead atoms. The van der Waals surface area contributed by atoms with Gasteiger partial charge in [0.05, 0.1) is 5.69 Å². The molecule has 2 nitrogen and oxygen atoms in total. The van der Waals surface area contributed by atoms with Crippen LogP contribution < -0.4 is 5.32 Å². The predicted molar refractivity (Wildman–Crippen MR) is 62.3 cm³/mol. The van der Waals surface area contributed by atoms with E-state index in [2.05, 4.69) is 5.32 Å². The van der Waals surface area contributed by atoms with E-state index in [1.165, 1.54) is 25.8 Å². The number of carbonyl (C=O) groups is 1. The molecule has 0 saturated heterocycles. The maximum absolute atomic E-state index is 13.6. The fourth-order valence-corrected chi connectivity index (χ4v) is 2.14. The van der Waals surface area contributed by atoms with Crippen LogP contribution in [-0.2, 0) is 0 Å². The molecule has 1 aromatic rings. The summed E-state index contributed by atoms with van der Waals surface area (Å²) < 4.78 is 13.6. The van der Waals surface area contributed by atoms with Gasteiger partial charge in [-0.2, -0.15) is 0 Å². The molecule has 0 amide bonds. The number of halogens is 1. The van der Waals surface area contributed by atoms with E-state index in [1.807, 2.05) is 0 Å². The summed E-state index contributed by atoms with van der Waals surface area (Å²) in [5.74, 6) is -0.439. The van der Waals surface area contributed by atoms with Crippen molar-refractivity contribution in [2.75, 3.05) is 5.32 Å². The van der Waals surface area contributed by atoms with Crippen LogP contribution in [0.1, 0.15) is 43.0 Å². The van der Waals surface area contributed by atoms with Crippen LogP contribution in [0.2, 0.25) is 0 Å². The van der Waals surface area contributed by atoms with Gasteiger partial charge in [-0.3, -0.25) is 4.79 Å². The molecule has 0 aliphatic heterocycles. The van der Waals surface area contributed by atoms with E-state index >= 15 is 0 Å². The highest BCUT2D eigenvalue weighted by atomic mass is 19.1. The van der Waals surface area contributed by atoms with Gasteiger partial charge < -0.3 is 5.32 Å². The largest absolute Gasteiger partial charge is 0.380 e. The third kappa shape index (κ3) is 2.40. The molecule has 1 aliphatic carbocycles. The molecule has 1 aromatic carbocycles. The third-order valence-electron chi connectivity index (χ3n) is 3.09. The molecule has 3 heteroatoms. The molecular formula is C13H16FNO. The SMILES string of the molecule is CC(=O)c1ccc(NC2CCCC2)c(F)c1. The van der Waals surface area contributed by atoms with Crippen molar-refractivity contribution in [3.8, 4) is 0 Å². The molecule has 0 unspecified atom stereocenters. The number of hydrogen-bond donors (Lipinski definition) is 1. The Hall–Kier alpha value is -1.38. The molecule has 1 N–H and O–H groups in total. The van der Waals surface area contributed by atoms with Crippen molar-refractivity contribution >= 4 is 11.5 Å². The van der Waals surface area contributed by atoms with Crippen LogP contribution in [0.15, 0.2) is 18.2 Å². The number of Topliss-reactive ketones (excluding diaryl/α,β-unsaturated/α-hetero) is 1. The normalized spacial score (nSPS) is 16.4. The maximum Gasteiger partial charge on any atom is 0.159 e. The van der Waals surface area contributed by atoms with Crippen molar-refractivity contribution < 1.29 is 9.18 Å². The minimum atomic E-state index is -0.334. The van der Waals surface area contributed by atoms with Gasteiger partial charge in [0, 0.05) is 11.6 Å². The van der Waals surface area contributed by atoms with E-state index in [1.54, 1.807) is 12.1 Å². The summed E-state index contributed by atoms with van der Waals surface area (Å²) in [6, 6.07) is 5.02. The summed E-state index contributed by atoms with van der Waals surface area (Å²) in [6.45, 7) is 1.44. The van der Waals surface area contributed by atoms with Gasteiger partial charge in [-0.15, -0.1) is 0 Å². The molecule has 0 radical (unpaired) electrons. The minimum absolute atomic E-state index is 0.105. The topological polar surface area (TPSA) is 29.1 Å². The van der Waals surface area contributed by atoms with E-state index in [4.69, 9.17) is 0 Å². The summed E-state index contributed by atoms with van der Waals surface area (Å²) in [6.07, 6.45) is 4.64. The highest BCUT2D eigenvalue weighted by molar-refractivity contribution is 5.94. The third-order valence-corrected chi connectivity index (χ3v) is 3.09.